The first-order chi connectivity index (χ1) is 11.0. The molecule has 7 nitrogen and oxygen atoms in total. The molecule has 0 aromatic heterocycles. The summed E-state index contributed by atoms with van der Waals surface area (Å²) in [5.74, 6) is -1.11. The van der Waals surface area contributed by atoms with E-state index in [4.69, 9.17) is 9.84 Å². The second-order valence-corrected chi connectivity index (χ2v) is 4.97. The highest BCUT2D eigenvalue weighted by Crippen LogP contribution is 2.25. The van der Waals surface area contributed by atoms with E-state index in [1.54, 1.807) is 0 Å². The van der Waals surface area contributed by atoms with Crippen LogP contribution in [0.5, 0.6) is 5.75 Å². The van der Waals surface area contributed by atoms with Crippen molar-refractivity contribution in [3.8, 4) is 5.75 Å². The number of aromatic carboxylic acids is 1. The highest BCUT2D eigenvalue weighted by atomic mass is 16.5. The average Bonchev–Trinajstić information content (AvgIpc) is 2.53. The molecule has 0 atom stereocenters. The minimum absolute atomic E-state index is 0.0666. The Bertz CT molecular complexity index is 572. The third-order valence-electron chi connectivity index (χ3n) is 3.10. The van der Waals surface area contributed by atoms with Crippen LogP contribution in [-0.2, 0) is 9.59 Å². The SMILES string of the molecule is CCCNC(=O)CCCC(=O)Nc1ccc(C(=O)O)cc1OC. The van der Waals surface area contributed by atoms with Crippen molar-refractivity contribution in [2.24, 2.45) is 0 Å². The van der Waals surface area contributed by atoms with Gasteiger partial charge >= 0.3 is 5.97 Å². The summed E-state index contributed by atoms with van der Waals surface area (Å²) in [6.45, 7) is 2.61. The van der Waals surface area contributed by atoms with E-state index < -0.39 is 5.97 Å². The van der Waals surface area contributed by atoms with Gasteiger partial charge in [0, 0.05) is 19.4 Å². The minimum Gasteiger partial charge on any atom is -0.495 e. The van der Waals surface area contributed by atoms with Gasteiger partial charge in [0.25, 0.3) is 0 Å². The lowest BCUT2D eigenvalue weighted by Gasteiger charge is -2.11. The average molecular weight is 322 g/mol. The molecule has 0 aliphatic carbocycles. The van der Waals surface area contributed by atoms with E-state index in [-0.39, 0.29) is 29.5 Å². The zero-order valence-corrected chi connectivity index (χ0v) is 13.3. The summed E-state index contributed by atoms with van der Waals surface area (Å²) in [7, 11) is 1.40. The van der Waals surface area contributed by atoms with E-state index in [0.29, 0.717) is 25.1 Å². The van der Waals surface area contributed by atoms with Gasteiger partial charge in [-0.25, -0.2) is 4.79 Å². The number of hydrogen-bond donors (Lipinski definition) is 3. The Morgan fingerprint density at radius 1 is 1.17 bits per heavy atom. The number of amides is 2. The third-order valence-corrected chi connectivity index (χ3v) is 3.10. The van der Waals surface area contributed by atoms with Gasteiger partial charge < -0.3 is 20.5 Å². The van der Waals surface area contributed by atoms with Crippen molar-refractivity contribution in [3.05, 3.63) is 23.8 Å². The number of carbonyl (C=O) groups excluding carboxylic acids is 2. The molecule has 1 aromatic rings. The molecule has 0 aliphatic heterocycles. The zero-order valence-electron chi connectivity index (χ0n) is 13.3. The second-order valence-electron chi connectivity index (χ2n) is 4.97. The first-order valence-corrected chi connectivity index (χ1v) is 7.45. The topological polar surface area (TPSA) is 105 Å². The first kappa shape index (κ1) is 18.5. The minimum atomic E-state index is -1.07. The predicted molar refractivity (Wildman–Crippen MR) is 85.7 cm³/mol. The molecule has 0 aliphatic rings. The Morgan fingerprint density at radius 2 is 1.87 bits per heavy atom. The smallest absolute Gasteiger partial charge is 0.335 e. The first-order valence-electron chi connectivity index (χ1n) is 7.45. The van der Waals surface area contributed by atoms with Gasteiger partial charge in [0.05, 0.1) is 18.4 Å². The molecule has 0 heterocycles. The van der Waals surface area contributed by atoms with Crippen LogP contribution >= 0.6 is 0 Å². The summed E-state index contributed by atoms with van der Waals surface area (Å²) < 4.78 is 5.08. The summed E-state index contributed by atoms with van der Waals surface area (Å²) in [5.41, 5.74) is 0.477. The van der Waals surface area contributed by atoms with Crippen LogP contribution in [-0.4, -0.2) is 36.5 Å². The van der Waals surface area contributed by atoms with E-state index >= 15 is 0 Å². The van der Waals surface area contributed by atoms with Crippen molar-refractivity contribution in [1.29, 1.82) is 0 Å². The summed E-state index contributed by atoms with van der Waals surface area (Å²) in [6.07, 6.45) is 1.81. The molecule has 7 heteroatoms. The molecular weight excluding hydrogens is 300 g/mol. The van der Waals surface area contributed by atoms with E-state index in [9.17, 15) is 14.4 Å². The molecule has 0 fully saturated rings. The highest BCUT2D eigenvalue weighted by Gasteiger charge is 2.12. The normalized spacial score (nSPS) is 10.0. The summed E-state index contributed by atoms with van der Waals surface area (Å²) >= 11 is 0. The quantitative estimate of drug-likeness (QED) is 0.645. The van der Waals surface area contributed by atoms with Crippen LogP contribution < -0.4 is 15.4 Å². The van der Waals surface area contributed by atoms with Crippen LogP contribution in [0.4, 0.5) is 5.69 Å². The van der Waals surface area contributed by atoms with E-state index in [1.165, 1.54) is 25.3 Å². The fraction of sp³-hybridized carbons (Fsp3) is 0.438. The monoisotopic (exact) mass is 322 g/mol. The lowest BCUT2D eigenvalue weighted by Crippen LogP contribution is -2.24. The number of ether oxygens (including phenoxy) is 1. The second kappa shape index (κ2) is 9.45. The number of anilines is 1. The van der Waals surface area contributed by atoms with Gasteiger partial charge in [-0.2, -0.15) is 0 Å². The number of benzene rings is 1. The molecule has 126 valence electrons. The largest absolute Gasteiger partial charge is 0.495 e. The number of carboxylic acids is 1. The van der Waals surface area contributed by atoms with Gasteiger partial charge in [-0.15, -0.1) is 0 Å². The summed E-state index contributed by atoms with van der Waals surface area (Å²) in [5, 5.41) is 14.3. The Morgan fingerprint density at radius 3 is 2.48 bits per heavy atom. The molecule has 2 amide bonds. The molecule has 0 unspecified atom stereocenters. The predicted octanol–water partition coefficient (Wildman–Crippen LogP) is 2.03. The van der Waals surface area contributed by atoms with E-state index in [2.05, 4.69) is 10.6 Å². The van der Waals surface area contributed by atoms with Crippen molar-refractivity contribution in [2.45, 2.75) is 32.6 Å². The lowest BCUT2D eigenvalue weighted by molar-refractivity contribution is -0.121. The van der Waals surface area contributed by atoms with E-state index in [1.807, 2.05) is 6.92 Å². The van der Waals surface area contributed by atoms with Crippen LogP contribution in [0.15, 0.2) is 18.2 Å². The molecule has 0 radical (unpaired) electrons. The van der Waals surface area contributed by atoms with Gasteiger partial charge in [-0.05, 0) is 31.0 Å². The van der Waals surface area contributed by atoms with Crippen molar-refractivity contribution in [1.82, 2.24) is 5.32 Å². The van der Waals surface area contributed by atoms with Crippen molar-refractivity contribution in [2.75, 3.05) is 19.0 Å². The molecule has 23 heavy (non-hydrogen) atoms. The molecular formula is C16H22N2O5. The van der Waals surface area contributed by atoms with Crippen LogP contribution in [0, 0.1) is 0 Å². The maximum atomic E-state index is 11.9. The number of nitrogens with one attached hydrogen (secondary N) is 2. The summed E-state index contributed by atoms with van der Waals surface area (Å²) in [4.78, 5) is 34.2. The number of carboxylic acid groups (broad SMARTS) is 1. The lowest BCUT2D eigenvalue weighted by atomic mass is 10.1. The fourth-order valence-electron chi connectivity index (χ4n) is 1.90. The Hall–Kier alpha value is -2.57. The van der Waals surface area contributed by atoms with Gasteiger partial charge in [0.2, 0.25) is 11.8 Å². The van der Waals surface area contributed by atoms with Crippen molar-refractivity contribution >= 4 is 23.5 Å². The van der Waals surface area contributed by atoms with Gasteiger partial charge in [0.15, 0.2) is 0 Å². The van der Waals surface area contributed by atoms with Crippen LogP contribution in [0.1, 0.15) is 43.0 Å². The molecule has 1 rings (SSSR count). The fourth-order valence-corrected chi connectivity index (χ4v) is 1.90. The maximum Gasteiger partial charge on any atom is 0.335 e. The van der Waals surface area contributed by atoms with Crippen LogP contribution in [0.25, 0.3) is 0 Å². The Balaban J connectivity index is 2.51. The molecule has 0 saturated heterocycles. The molecule has 0 bridgehead atoms. The van der Waals surface area contributed by atoms with Gasteiger partial charge in [0.1, 0.15) is 5.75 Å². The Kier molecular flexibility index (Phi) is 7.59. The molecule has 3 N–H and O–H groups in total. The zero-order chi connectivity index (χ0) is 17.2. The van der Waals surface area contributed by atoms with Crippen molar-refractivity contribution < 1.29 is 24.2 Å². The standard InChI is InChI=1S/C16H22N2O5/c1-3-9-17-14(19)5-4-6-15(20)18-12-8-7-11(16(21)22)10-13(12)23-2/h7-8,10H,3-6,9H2,1-2H3,(H,17,19)(H,18,20)(H,21,22). The molecule has 1 aromatic carbocycles. The number of hydrogen-bond acceptors (Lipinski definition) is 4. The number of methoxy groups -OCH3 is 1. The van der Waals surface area contributed by atoms with E-state index in [0.717, 1.165) is 6.42 Å². The number of carbonyl (C=O) groups is 3. The third kappa shape index (κ3) is 6.37. The molecule has 0 spiro atoms. The maximum absolute atomic E-state index is 11.9. The van der Waals surface area contributed by atoms with Crippen LogP contribution in [0.2, 0.25) is 0 Å². The summed E-state index contributed by atoms with van der Waals surface area (Å²) in [6, 6.07) is 4.21. The van der Waals surface area contributed by atoms with Crippen LogP contribution in [0.3, 0.4) is 0 Å². The highest BCUT2D eigenvalue weighted by molar-refractivity contribution is 5.94. The van der Waals surface area contributed by atoms with Crippen molar-refractivity contribution in [3.63, 3.8) is 0 Å². The van der Waals surface area contributed by atoms with Gasteiger partial charge in [-0.1, -0.05) is 6.92 Å². The Labute approximate surface area is 135 Å². The van der Waals surface area contributed by atoms with Gasteiger partial charge in [-0.3, -0.25) is 9.59 Å². The molecule has 0 saturated carbocycles. The number of rotatable bonds is 9.